The molecule has 176 valence electrons. The molecular weight excluding hydrogens is 434 g/mol. The molecule has 3 atom stereocenters. The summed E-state index contributed by atoms with van der Waals surface area (Å²) in [6, 6.07) is 6.97. The Morgan fingerprint density at radius 1 is 1.19 bits per heavy atom. The van der Waals surface area contributed by atoms with Gasteiger partial charge in [0.05, 0.1) is 5.92 Å². The molecule has 1 amide bonds. The molecule has 1 unspecified atom stereocenters. The molecule has 0 heterocycles. The van der Waals surface area contributed by atoms with Crippen LogP contribution in [0.4, 0.5) is 4.79 Å². The molecule has 0 aromatic heterocycles. The van der Waals surface area contributed by atoms with E-state index in [9.17, 15) is 19.2 Å². The Hall–Kier alpha value is -2.41. The molecule has 0 saturated heterocycles. The fourth-order valence-corrected chi connectivity index (χ4v) is 4.53. The summed E-state index contributed by atoms with van der Waals surface area (Å²) in [7, 11) is 1.49. The lowest BCUT2D eigenvalue weighted by molar-refractivity contribution is -0.161. The van der Waals surface area contributed by atoms with Crippen LogP contribution in [0.15, 0.2) is 24.3 Å². The predicted molar refractivity (Wildman–Crippen MR) is 120 cm³/mol. The first-order valence-electron chi connectivity index (χ1n) is 11.0. The van der Waals surface area contributed by atoms with Crippen molar-refractivity contribution in [3.05, 3.63) is 34.9 Å². The first kappa shape index (κ1) is 25.8. The van der Waals surface area contributed by atoms with Gasteiger partial charge in [-0.3, -0.25) is 14.5 Å². The van der Waals surface area contributed by atoms with Crippen molar-refractivity contribution in [3.63, 3.8) is 0 Å². The Labute approximate surface area is 194 Å². The van der Waals surface area contributed by atoms with Crippen molar-refractivity contribution in [2.75, 3.05) is 13.8 Å². The quantitative estimate of drug-likeness (QED) is 0.381. The third kappa shape index (κ3) is 5.68. The highest BCUT2D eigenvalue weighted by molar-refractivity contribution is 6.31. The second kappa shape index (κ2) is 11.5. The third-order valence-corrected chi connectivity index (χ3v) is 6.67. The van der Waals surface area contributed by atoms with E-state index in [1.807, 2.05) is 13.8 Å². The van der Waals surface area contributed by atoms with Gasteiger partial charge in [0.15, 0.2) is 5.78 Å². The molecule has 32 heavy (non-hydrogen) atoms. The summed E-state index contributed by atoms with van der Waals surface area (Å²) in [6.45, 7) is 4.62. The summed E-state index contributed by atoms with van der Waals surface area (Å²) in [4.78, 5) is 51.2. The van der Waals surface area contributed by atoms with Gasteiger partial charge in [-0.2, -0.15) is 0 Å². The summed E-state index contributed by atoms with van der Waals surface area (Å²) in [5.41, 5.74) is -0.674. The van der Waals surface area contributed by atoms with Gasteiger partial charge in [-0.1, -0.05) is 50.1 Å². The summed E-state index contributed by atoms with van der Waals surface area (Å²) in [5, 5.41) is 0.398. The molecule has 1 saturated carbocycles. The van der Waals surface area contributed by atoms with Gasteiger partial charge in [-0.25, -0.2) is 4.79 Å². The van der Waals surface area contributed by atoms with E-state index in [2.05, 4.69) is 0 Å². The van der Waals surface area contributed by atoms with Crippen LogP contribution in [0.3, 0.4) is 0 Å². The molecule has 0 N–H and O–H groups in total. The topological polar surface area (TPSA) is 90.0 Å². The minimum Gasteiger partial charge on any atom is -0.428 e. The lowest BCUT2D eigenvalue weighted by atomic mass is 9.74. The maximum Gasteiger partial charge on any atom is 0.413 e. The Balaban J connectivity index is 2.12. The zero-order valence-electron chi connectivity index (χ0n) is 19.2. The lowest BCUT2D eigenvalue weighted by Gasteiger charge is -2.43. The normalized spacial score (nSPS) is 20.2. The lowest BCUT2D eigenvalue weighted by Crippen LogP contribution is -2.54. The standard InChI is InChI=1S/C24H32ClNO6/c1-5-16(2)18(14-17(3)27)22(29)31-15-32-23(30)26(4)24(13-9-8-12-21(24)28)19-10-6-7-11-20(19)25/h6-7,10-11,16,18H,5,8-9,12-15H2,1-4H3/t16?,18-,24-/m0/s1. The van der Waals surface area contributed by atoms with Crippen molar-refractivity contribution in [2.24, 2.45) is 11.8 Å². The van der Waals surface area contributed by atoms with Gasteiger partial charge in [-0.05, 0) is 38.2 Å². The number of nitrogens with zero attached hydrogens (tertiary/aromatic N) is 1. The fraction of sp³-hybridized carbons (Fsp3) is 0.583. The summed E-state index contributed by atoms with van der Waals surface area (Å²) < 4.78 is 10.3. The van der Waals surface area contributed by atoms with Gasteiger partial charge in [0.1, 0.15) is 11.3 Å². The Morgan fingerprint density at radius 3 is 2.47 bits per heavy atom. The number of halogens is 1. The minimum atomic E-state index is -1.23. The maximum absolute atomic E-state index is 13.1. The van der Waals surface area contributed by atoms with E-state index in [0.717, 1.165) is 12.8 Å². The number of carbonyl (C=O) groups is 4. The van der Waals surface area contributed by atoms with E-state index in [0.29, 0.717) is 29.8 Å². The number of esters is 1. The number of amides is 1. The zero-order valence-corrected chi connectivity index (χ0v) is 19.9. The number of benzene rings is 1. The van der Waals surface area contributed by atoms with E-state index < -0.39 is 30.3 Å². The second-order valence-electron chi connectivity index (χ2n) is 8.42. The van der Waals surface area contributed by atoms with Crippen LogP contribution in [0.5, 0.6) is 0 Å². The van der Waals surface area contributed by atoms with E-state index in [-0.39, 0.29) is 23.9 Å². The number of ketones is 2. The highest BCUT2D eigenvalue weighted by Crippen LogP contribution is 2.42. The Kier molecular flexibility index (Phi) is 9.25. The average molecular weight is 466 g/mol. The van der Waals surface area contributed by atoms with Crippen molar-refractivity contribution < 1.29 is 28.7 Å². The van der Waals surface area contributed by atoms with Gasteiger partial charge in [0, 0.05) is 30.5 Å². The molecule has 1 aromatic carbocycles. The van der Waals surface area contributed by atoms with E-state index in [4.69, 9.17) is 21.1 Å². The molecule has 1 fully saturated rings. The van der Waals surface area contributed by atoms with Crippen molar-refractivity contribution in [1.29, 1.82) is 0 Å². The first-order valence-corrected chi connectivity index (χ1v) is 11.4. The first-order chi connectivity index (χ1) is 15.1. The third-order valence-electron chi connectivity index (χ3n) is 6.34. The monoisotopic (exact) mass is 465 g/mol. The number of hydrogen-bond donors (Lipinski definition) is 0. The number of Topliss-reactive ketones (excluding diaryl/α,β-unsaturated/α-hetero) is 2. The molecule has 2 rings (SSSR count). The minimum absolute atomic E-state index is 0.0480. The molecule has 7 nitrogen and oxygen atoms in total. The molecule has 1 aromatic rings. The number of likely N-dealkylation sites (N-methyl/N-ethyl adjacent to an activating group) is 1. The molecule has 8 heteroatoms. The molecule has 0 spiro atoms. The van der Waals surface area contributed by atoms with Gasteiger partial charge in [0.2, 0.25) is 6.79 Å². The van der Waals surface area contributed by atoms with E-state index >= 15 is 0 Å². The number of carbonyl (C=O) groups excluding carboxylic acids is 4. The fourth-order valence-electron chi connectivity index (χ4n) is 4.24. The van der Waals surface area contributed by atoms with Crippen molar-refractivity contribution in [3.8, 4) is 0 Å². The Morgan fingerprint density at radius 2 is 1.88 bits per heavy atom. The van der Waals surface area contributed by atoms with Crippen LogP contribution < -0.4 is 0 Å². The molecule has 0 radical (unpaired) electrons. The van der Waals surface area contributed by atoms with Crippen molar-refractivity contribution in [2.45, 2.75) is 64.8 Å². The molecule has 1 aliphatic rings. The smallest absolute Gasteiger partial charge is 0.413 e. The number of ether oxygens (including phenoxy) is 2. The largest absolute Gasteiger partial charge is 0.428 e. The van der Waals surface area contributed by atoms with E-state index in [1.165, 1.54) is 18.9 Å². The van der Waals surface area contributed by atoms with Gasteiger partial charge >= 0.3 is 12.1 Å². The highest BCUT2D eigenvalue weighted by atomic mass is 35.5. The summed E-state index contributed by atoms with van der Waals surface area (Å²) >= 11 is 6.40. The van der Waals surface area contributed by atoms with Crippen LogP contribution in [0.25, 0.3) is 0 Å². The second-order valence-corrected chi connectivity index (χ2v) is 8.83. The summed E-state index contributed by atoms with van der Waals surface area (Å²) in [5.74, 6) is -1.44. The van der Waals surface area contributed by atoms with Crippen molar-refractivity contribution >= 4 is 35.2 Å². The van der Waals surface area contributed by atoms with Gasteiger partial charge in [0.25, 0.3) is 0 Å². The predicted octanol–water partition coefficient (Wildman–Crippen LogP) is 4.89. The van der Waals surface area contributed by atoms with Crippen LogP contribution >= 0.6 is 11.6 Å². The average Bonchev–Trinajstić information content (AvgIpc) is 2.77. The van der Waals surface area contributed by atoms with Crippen LogP contribution in [-0.2, 0) is 29.4 Å². The maximum atomic E-state index is 13.1. The van der Waals surface area contributed by atoms with Crippen LogP contribution in [0, 0.1) is 11.8 Å². The van der Waals surface area contributed by atoms with Gasteiger partial charge < -0.3 is 14.3 Å². The van der Waals surface area contributed by atoms with Crippen LogP contribution in [0.1, 0.15) is 64.9 Å². The molecular formula is C24H32ClNO6. The SMILES string of the molecule is CCC(C)[C@H](CC(C)=O)C(=O)OCOC(=O)N(C)[C@]1(c2ccccc2Cl)CCCCC1=O. The highest BCUT2D eigenvalue weighted by Gasteiger charge is 2.48. The molecule has 1 aliphatic carbocycles. The van der Waals surface area contributed by atoms with Crippen LogP contribution in [0.2, 0.25) is 5.02 Å². The molecule has 0 aliphatic heterocycles. The zero-order chi connectivity index (χ0) is 23.9. The van der Waals surface area contributed by atoms with Gasteiger partial charge in [-0.15, -0.1) is 0 Å². The molecule has 0 bridgehead atoms. The summed E-state index contributed by atoms with van der Waals surface area (Å²) in [6.07, 6.45) is 2.25. The van der Waals surface area contributed by atoms with Crippen LogP contribution in [-0.4, -0.2) is 42.4 Å². The van der Waals surface area contributed by atoms with E-state index in [1.54, 1.807) is 24.3 Å². The number of rotatable bonds is 9. The number of hydrogen-bond acceptors (Lipinski definition) is 6. The van der Waals surface area contributed by atoms with Crippen molar-refractivity contribution in [1.82, 2.24) is 4.90 Å². The Bertz CT molecular complexity index is 857.